The maximum Gasteiger partial charge on any atom is 0.122 e. The third-order valence-corrected chi connectivity index (χ3v) is 3.95. The first kappa shape index (κ1) is 15.1. The highest BCUT2D eigenvalue weighted by Gasteiger charge is 2.11. The van der Waals surface area contributed by atoms with E-state index in [1.807, 2.05) is 18.2 Å². The molecule has 110 valence electrons. The highest BCUT2D eigenvalue weighted by Crippen LogP contribution is 2.19. The highest BCUT2D eigenvalue weighted by molar-refractivity contribution is 5.34. The predicted octanol–water partition coefficient (Wildman–Crippen LogP) is 4.11. The Labute approximate surface area is 123 Å². The Balaban J connectivity index is 1.64. The summed E-state index contributed by atoms with van der Waals surface area (Å²) in [5.74, 6) is 1.00. The van der Waals surface area contributed by atoms with Crippen molar-refractivity contribution in [2.75, 3.05) is 13.2 Å². The molecule has 0 heterocycles. The van der Waals surface area contributed by atoms with E-state index in [4.69, 9.17) is 4.74 Å². The van der Waals surface area contributed by atoms with Crippen molar-refractivity contribution < 1.29 is 4.74 Å². The van der Waals surface area contributed by atoms with Crippen molar-refractivity contribution in [3.05, 3.63) is 42.5 Å². The summed E-state index contributed by atoms with van der Waals surface area (Å²) in [5.41, 5.74) is 1.22. The van der Waals surface area contributed by atoms with Crippen LogP contribution < -0.4 is 10.1 Å². The molecule has 0 atom stereocenters. The lowest BCUT2D eigenvalue weighted by Gasteiger charge is -2.22. The van der Waals surface area contributed by atoms with Gasteiger partial charge in [0.1, 0.15) is 5.75 Å². The Morgan fingerprint density at radius 1 is 1.20 bits per heavy atom. The van der Waals surface area contributed by atoms with Crippen molar-refractivity contribution in [2.24, 2.45) is 0 Å². The van der Waals surface area contributed by atoms with Gasteiger partial charge in [0.15, 0.2) is 0 Å². The summed E-state index contributed by atoms with van der Waals surface area (Å²) < 4.78 is 5.89. The number of nitrogens with one attached hydrogen (secondary N) is 1. The van der Waals surface area contributed by atoms with Crippen LogP contribution in [0.5, 0.6) is 5.75 Å². The Bertz CT molecular complexity index is 396. The summed E-state index contributed by atoms with van der Waals surface area (Å²) in [6.45, 7) is 5.64. The standard InChI is InChI=1S/C18H27NO/c1-2-9-16-10-6-7-13-18(16)20-15-8-14-19-17-11-4-3-5-12-17/h2,6-7,10,13,17,19H,1,3-5,8-9,11-12,14-15H2. The fourth-order valence-electron chi connectivity index (χ4n) is 2.84. The fraction of sp³-hybridized carbons (Fsp3) is 0.556. The molecular formula is C18H27NO. The van der Waals surface area contributed by atoms with Crippen molar-refractivity contribution >= 4 is 0 Å². The van der Waals surface area contributed by atoms with E-state index in [0.717, 1.165) is 37.8 Å². The minimum atomic E-state index is 0.747. The number of hydrogen-bond acceptors (Lipinski definition) is 2. The van der Waals surface area contributed by atoms with Gasteiger partial charge in [-0.2, -0.15) is 0 Å². The second kappa shape index (κ2) is 8.80. The van der Waals surface area contributed by atoms with Gasteiger partial charge < -0.3 is 10.1 Å². The van der Waals surface area contributed by atoms with E-state index in [1.165, 1.54) is 37.7 Å². The maximum atomic E-state index is 5.89. The van der Waals surface area contributed by atoms with Crippen LogP contribution in [0.3, 0.4) is 0 Å². The lowest BCUT2D eigenvalue weighted by molar-refractivity contribution is 0.295. The molecule has 2 rings (SSSR count). The number of benzene rings is 1. The first-order chi connectivity index (χ1) is 9.90. The molecule has 0 saturated heterocycles. The second-order valence-corrected chi connectivity index (χ2v) is 5.59. The molecule has 1 aromatic carbocycles. The zero-order valence-electron chi connectivity index (χ0n) is 12.4. The van der Waals surface area contributed by atoms with Crippen molar-refractivity contribution in [3.63, 3.8) is 0 Å². The summed E-state index contributed by atoms with van der Waals surface area (Å²) in [7, 11) is 0. The molecule has 1 fully saturated rings. The molecule has 0 amide bonds. The Hall–Kier alpha value is -1.28. The van der Waals surface area contributed by atoms with E-state index in [2.05, 4.69) is 24.0 Å². The lowest BCUT2D eigenvalue weighted by Crippen LogP contribution is -2.32. The van der Waals surface area contributed by atoms with Gasteiger partial charge in [0.05, 0.1) is 6.61 Å². The molecule has 0 unspecified atom stereocenters. The molecule has 2 heteroatoms. The largest absolute Gasteiger partial charge is 0.493 e. The van der Waals surface area contributed by atoms with Crippen LogP contribution in [0.1, 0.15) is 44.1 Å². The van der Waals surface area contributed by atoms with Crippen molar-refractivity contribution in [2.45, 2.75) is 51.0 Å². The minimum Gasteiger partial charge on any atom is -0.493 e. The first-order valence-corrected chi connectivity index (χ1v) is 7.95. The summed E-state index contributed by atoms with van der Waals surface area (Å²) in [4.78, 5) is 0. The maximum absolute atomic E-state index is 5.89. The summed E-state index contributed by atoms with van der Waals surface area (Å²) >= 11 is 0. The van der Waals surface area contributed by atoms with Crippen molar-refractivity contribution in [3.8, 4) is 5.75 Å². The minimum absolute atomic E-state index is 0.747. The zero-order valence-corrected chi connectivity index (χ0v) is 12.4. The number of rotatable bonds is 8. The Morgan fingerprint density at radius 2 is 2.00 bits per heavy atom. The molecule has 0 aromatic heterocycles. The van der Waals surface area contributed by atoms with Crippen LogP contribution in [-0.4, -0.2) is 19.2 Å². The SMILES string of the molecule is C=CCc1ccccc1OCCCNC1CCCCC1. The van der Waals surface area contributed by atoms with Gasteiger partial charge in [-0.05, 0) is 43.9 Å². The van der Waals surface area contributed by atoms with Crippen LogP contribution in [0.2, 0.25) is 0 Å². The van der Waals surface area contributed by atoms with Gasteiger partial charge in [0.25, 0.3) is 0 Å². The van der Waals surface area contributed by atoms with E-state index in [-0.39, 0.29) is 0 Å². The third kappa shape index (κ3) is 5.01. The molecule has 1 aliphatic carbocycles. The fourth-order valence-corrected chi connectivity index (χ4v) is 2.84. The lowest BCUT2D eigenvalue weighted by atomic mass is 9.95. The van der Waals surface area contributed by atoms with Gasteiger partial charge in [0.2, 0.25) is 0 Å². The smallest absolute Gasteiger partial charge is 0.122 e. The average molecular weight is 273 g/mol. The number of para-hydroxylation sites is 1. The van der Waals surface area contributed by atoms with Crippen LogP contribution in [0.15, 0.2) is 36.9 Å². The number of allylic oxidation sites excluding steroid dienone is 1. The molecule has 1 N–H and O–H groups in total. The van der Waals surface area contributed by atoms with Crippen LogP contribution in [-0.2, 0) is 6.42 Å². The molecule has 2 nitrogen and oxygen atoms in total. The van der Waals surface area contributed by atoms with Crippen molar-refractivity contribution in [1.29, 1.82) is 0 Å². The van der Waals surface area contributed by atoms with Crippen LogP contribution in [0.4, 0.5) is 0 Å². The van der Waals surface area contributed by atoms with Gasteiger partial charge in [0, 0.05) is 6.04 Å². The quantitative estimate of drug-likeness (QED) is 0.568. The van der Waals surface area contributed by atoms with E-state index in [9.17, 15) is 0 Å². The third-order valence-electron chi connectivity index (χ3n) is 3.95. The molecular weight excluding hydrogens is 246 g/mol. The molecule has 1 aliphatic rings. The molecule has 0 aliphatic heterocycles. The summed E-state index contributed by atoms with van der Waals surface area (Å²) in [5, 5.41) is 3.65. The van der Waals surface area contributed by atoms with Gasteiger partial charge in [-0.1, -0.05) is 43.5 Å². The second-order valence-electron chi connectivity index (χ2n) is 5.59. The molecule has 0 spiro atoms. The average Bonchev–Trinajstić information content (AvgIpc) is 2.50. The van der Waals surface area contributed by atoms with E-state index in [1.54, 1.807) is 0 Å². The molecule has 1 aromatic rings. The van der Waals surface area contributed by atoms with Crippen LogP contribution in [0.25, 0.3) is 0 Å². The first-order valence-electron chi connectivity index (χ1n) is 7.95. The topological polar surface area (TPSA) is 21.3 Å². The van der Waals surface area contributed by atoms with E-state index in [0.29, 0.717) is 0 Å². The normalized spacial score (nSPS) is 16.0. The molecule has 0 bridgehead atoms. The predicted molar refractivity (Wildman–Crippen MR) is 85.3 cm³/mol. The van der Waals surface area contributed by atoms with Gasteiger partial charge in [-0.3, -0.25) is 0 Å². The van der Waals surface area contributed by atoms with E-state index < -0.39 is 0 Å². The zero-order chi connectivity index (χ0) is 14.0. The van der Waals surface area contributed by atoms with Gasteiger partial charge >= 0.3 is 0 Å². The molecule has 0 radical (unpaired) electrons. The van der Waals surface area contributed by atoms with Crippen LogP contribution >= 0.6 is 0 Å². The molecule has 20 heavy (non-hydrogen) atoms. The monoisotopic (exact) mass is 273 g/mol. The summed E-state index contributed by atoms with van der Waals surface area (Å²) in [6.07, 6.45) is 10.8. The number of ether oxygens (including phenoxy) is 1. The summed E-state index contributed by atoms with van der Waals surface area (Å²) in [6, 6.07) is 8.99. The van der Waals surface area contributed by atoms with Crippen molar-refractivity contribution in [1.82, 2.24) is 5.32 Å². The molecule has 1 saturated carbocycles. The number of hydrogen-bond donors (Lipinski definition) is 1. The van der Waals surface area contributed by atoms with Gasteiger partial charge in [-0.25, -0.2) is 0 Å². The van der Waals surface area contributed by atoms with Crippen LogP contribution in [0, 0.1) is 0 Å². The highest BCUT2D eigenvalue weighted by atomic mass is 16.5. The Kier molecular flexibility index (Phi) is 6.65. The Morgan fingerprint density at radius 3 is 2.80 bits per heavy atom. The van der Waals surface area contributed by atoms with E-state index >= 15 is 0 Å². The van der Waals surface area contributed by atoms with Gasteiger partial charge in [-0.15, -0.1) is 6.58 Å².